The number of thiophene rings is 1. The van der Waals surface area contributed by atoms with Gasteiger partial charge in [-0.15, -0.1) is 11.3 Å². The number of piperazine rings is 2. The molecule has 1 atom stereocenters. The lowest BCUT2D eigenvalue weighted by molar-refractivity contribution is -0.135. The predicted molar refractivity (Wildman–Crippen MR) is 107 cm³/mol. The van der Waals surface area contributed by atoms with Crippen molar-refractivity contribution in [2.45, 2.75) is 12.6 Å². The Labute approximate surface area is 164 Å². The first-order valence-electron chi connectivity index (χ1n) is 9.65. The molecular weight excluding hydrogens is 360 g/mol. The van der Waals surface area contributed by atoms with Crippen LogP contribution in [0.25, 0.3) is 0 Å². The Morgan fingerprint density at radius 3 is 2.85 bits per heavy atom. The summed E-state index contributed by atoms with van der Waals surface area (Å²) in [5.74, 6) is 1.27. The lowest BCUT2D eigenvalue weighted by atomic mass is 10.1. The van der Waals surface area contributed by atoms with Gasteiger partial charge in [0, 0.05) is 76.7 Å². The van der Waals surface area contributed by atoms with Crippen LogP contribution in [-0.4, -0.2) is 82.5 Å². The van der Waals surface area contributed by atoms with Gasteiger partial charge in [0.25, 0.3) is 0 Å². The second-order valence-electron chi connectivity index (χ2n) is 7.32. The third-order valence-corrected chi connectivity index (χ3v) is 6.39. The summed E-state index contributed by atoms with van der Waals surface area (Å²) in [5, 5.41) is 5.56. The van der Waals surface area contributed by atoms with Crippen molar-refractivity contribution in [2.75, 3.05) is 52.4 Å². The summed E-state index contributed by atoms with van der Waals surface area (Å²) in [4.78, 5) is 25.6. The second-order valence-corrected chi connectivity index (χ2v) is 8.36. The molecule has 4 rings (SSSR count). The smallest absolute Gasteiger partial charge is 0.236 e. The summed E-state index contributed by atoms with van der Waals surface area (Å²) in [7, 11) is 2.02. The fourth-order valence-corrected chi connectivity index (χ4v) is 4.69. The molecule has 1 N–H and O–H groups in total. The fraction of sp³-hybridized carbons (Fsp3) is 0.579. The Bertz CT molecular complexity index is 737. The van der Waals surface area contributed by atoms with Crippen molar-refractivity contribution in [3.8, 4) is 0 Å². The maximum Gasteiger partial charge on any atom is 0.236 e. The maximum atomic E-state index is 12.9. The highest BCUT2D eigenvalue weighted by molar-refractivity contribution is 7.09. The molecule has 2 aromatic heterocycles. The monoisotopic (exact) mass is 388 g/mol. The summed E-state index contributed by atoms with van der Waals surface area (Å²) in [6.45, 7) is 7.66. The van der Waals surface area contributed by atoms with Crippen LogP contribution in [0.1, 0.15) is 16.7 Å². The zero-order valence-corrected chi connectivity index (χ0v) is 16.7. The molecule has 1 amide bonds. The van der Waals surface area contributed by atoms with E-state index in [1.807, 2.05) is 24.3 Å². The van der Waals surface area contributed by atoms with E-state index in [0.717, 1.165) is 58.2 Å². The average molecular weight is 389 g/mol. The Kier molecular flexibility index (Phi) is 5.87. The Balaban J connectivity index is 1.31. The van der Waals surface area contributed by atoms with Crippen LogP contribution in [0.5, 0.6) is 0 Å². The van der Waals surface area contributed by atoms with Gasteiger partial charge in [-0.25, -0.2) is 4.98 Å². The zero-order valence-electron chi connectivity index (χ0n) is 15.9. The summed E-state index contributed by atoms with van der Waals surface area (Å²) < 4.78 is 2.05. The number of hydrogen-bond acceptors (Lipinski definition) is 6. The van der Waals surface area contributed by atoms with Crippen LogP contribution < -0.4 is 5.32 Å². The first-order valence-corrected chi connectivity index (χ1v) is 10.5. The molecule has 2 aromatic rings. The molecule has 0 saturated carbocycles. The third kappa shape index (κ3) is 4.40. The quantitative estimate of drug-likeness (QED) is 0.820. The number of aromatic nitrogens is 2. The van der Waals surface area contributed by atoms with Crippen LogP contribution in [0.3, 0.4) is 0 Å². The highest BCUT2D eigenvalue weighted by Gasteiger charge is 2.30. The number of aryl methyl sites for hydroxylation is 1. The molecule has 8 heteroatoms. The van der Waals surface area contributed by atoms with Crippen molar-refractivity contribution in [1.29, 1.82) is 0 Å². The average Bonchev–Trinajstić information content (AvgIpc) is 3.34. The van der Waals surface area contributed by atoms with E-state index < -0.39 is 0 Å². The standard InChI is InChI=1S/C19H28N6OS/c1-22-6-5-21-19(22)17-13-20-4-7-25(17)15-18(26)24-10-8-23(9-11-24)14-16-3-2-12-27-16/h2-3,5-6,12,17,20H,4,7-11,13-15H2,1H3. The third-order valence-electron chi connectivity index (χ3n) is 5.53. The summed E-state index contributed by atoms with van der Waals surface area (Å²) in [5.41, 5.74) is 0. The minimum atomic E-state index is 0.155. The van der Waals surface area contributed by atoms with Crippen LogP contribution in [-0.2, 0) is 18.4 Å². The van der Waals surface area contributed by atoms with E-state index in [1.54, 1.807) is 11.3 Å². The number of nitrogens with one attached hydrogen (secondary N) is 1. The Hall–Kier alpha value is -1.74. The van der Waals surface area contributed by atoms with Gasteiger partial charge in [0.05, 0.1) is 12.6 Å². The van der Waals surface area contributed by atoms with E-state index in [2.05, 4.69) is 42.2 Å². The maximum absolute atomic E-state index is 12.9. The number of carbonyl (C=O) groups is 1. The van der Waals surface area contributed by atoms with Crippen molar-refractivity contribution in [2.24, 2.45) is 7.05 Å². The van der Waals surface area contributed by atoms with E-state index in [9.17, 15) is 4.79 Å². The van der Waals surface area contributed by atoms with Crippen LogP contribution in [0.2, 0.25) is 0 Å². The molecule has 0 aliphatic carbocycles. The Morgan fingerprint density at radius 1 is 1.30 bits per heavy atom. The zero-order chi connectivity index (χ0) is 18.6. The molecule has 0 bridgehead atoms. The van der Waals surface area contributed by atoms with Crippen molar-refractivity contribution in [1.82, 2.24) is 29.6 Å². The van der Waals surface area contributed by atoms with Crippen molar-refractivity contribution in [3.63, 3.8) is 0 Å². The second kappa shape index (κ2) is 8.52. The molecule has 27 heavy (non-hydrogen) atoms. The highest BCUT2D eigenvalue weighted by atomic mass is 32.1. The molecular formula is C19H28N6OS. The Morgan fingerprint density at radius 2 is 2.15 bits per heavy atom. The van der Waals surface area contributed by atoms with Crippen LogP contribution in [0.15, 0.2) is 29.9 Å². The first kappa shape index (κ1) is 18.6. The first-order chi connectivity index (χ1) is 13.2. The van der Waals surface area contributed by atoms with Crippen LogP contribution >= 0.6 is 11.3 Å². The van der Waals surface area contributed by atoms with E-state index in [4.69, 9.17) is 0 Å². The van der Waals surface area contributed by atoms with Crippen LogP contribution in [0.4, 0.5) is 0 Å². The molecule has 7 nitrogen and oxygen atoms in total. The minimum Gasteiger partial charge on any atom is -0.339 e. The molecule has 0 spiro atoms. The van der Waals surface area contributed by atoms with Gasteiger partial charge >= 0.3 is 0 Å². The lowest BCUT2D eigenvalue weighted by Gasteiger charge is -2.38. The summed E-state index contributed by atoms with van der Waals surface area (Å²) >= 11 is 1.80. The number of imidazole rings is 1. The van der Waals surface area contributed by atoms with Gasteiger partial charge < -0.3 is 14.8 Å². The van der Waals surface area contributed by atoms with Gasteiger partial charge in [0.1, 0.15) is 5.82 Å². The molecule has 0 aromatic carbocycles. The van der Waals surface area contributed by atoms with Gasteiger partial charge in [0.2, 0.25) is 5.91 Å². The number of amides is 1. The molecule has 4 heterocycles. The normalized spacial score (nSPS) is 22.3. The SMILES string of the molecule is Cn1ccnc1C1CNCCN1CC(=O)N1CCN(Cc2cccs2)CC1. The number of rotatable bonds is 5. The predicted octanol–water partition coefficient (Wildman–Crippen LogP) is 0.772. The van der Waals surface area contributed by atoms with Gasteiger partial charge in [-0.1, -0.05) is 6.07 Å². The molecule has 2 aliphatic rings. The largest absolute Gasteiger partial charge is 0.339 e. The molecule has 2 saturated heterocycles. The van der Waals surface area contributed by atoms with E-state index in [-0.39, 0.29) is 11.9 Å². The molecule has 2 aliphatic heterocycles. The van der Waals surface area contributed by atoms with Gasteiger partial charge in [-0.2, -0.15) is 0 Å². The summed E-state index contributed by atoms with van der Waals surface area (Å²) in [6, 6.07) is 4.44. The van der Waals surface area contributed by atoms with E-state index in [0.29, 0.717) is 6.54 Å². The number of hydrogen-bond donors (Lipinski definition) is 1. The van der Waals surface area contributed by atoms with Gasteiger partial charge in [-0.3, -0.25) is 14.6 Å². The van der Waals surface area contributed by atoms with Crippen LogP contribution in [0, 0.1) is 0 Å². The number of nitrogens with zero attached hydrogens (tertiary/aromatic N) is 5. The van der Waals surface area contributed by atoms with Crippen molar-refractivity contribution >= 4 is 17.2 Å². The van der Waals surface area contributed by atoms with Gasteiger partial charge in [-0.05, 0) is 11.4 Å². The highest BCUT2D eigenvalue weighted by Crippen LogP contribution is 2.20. The molecule has 146 valence electrons. The van der Waals surface area contributed by atoms with Crippen molar-refractivity contribution in [3.05, 3.63) is 40.6 Å². The minimum absolute atomic E-state index is 0.155. The van der Waals surface area contributed by atoms with E-state index in [1.165, 1.54) is 4.88 Å². The molecule has 0 radical (unpaired) electrons. The summed E-state index contributed by atoms with van der Waals surface area (Å²) in [6.07, 6.45) is 3.80. The fourth-order valence-electron chi connectivity index (χ4n) is 3.94. The molecule has 2 fully saturated rings. The van der Waals surface area contributed by atoms with E-state index >= 15 is 0 Å². The lowest BCUT2D eigenvalue weighted by Crippen LogP contribution is -2.54. The topological polar surface area (TPSA) is 56.6 Å². The van der Waals surface area contributed by atoms with Crippen molar-refractivity contribution < 1.29 is 4.79 Å². The molecule has 1 unspecified atom stereocenters. The van der Waals surface area contributed by atoms with Gasteiger partial charge in [0.15, 0.2) is 0 Å². The number of carbonyl (C=O) groups excluding carboxylic acids is 1.